The molecule has 1 saturated heterocycles. The first-order valence-corrected chi connectivity index (χ1v) is 9.84. The van der Waals surface area contributed by atoms with Crippen molar-refractivity contribution >= 4 is 34.4 Å². The van der Waals surface area contributed by atoms with Gasteiger partial charge in [-0.3, -0.25) is 4.79 Å². The molecule has 1 amide bonds. The van der Waals surface area contributed by atoms with Gasteiger partial charge in [-0.15, -0.1) is 0 Å². The van der Waals surface area contributed by atoms with Crippen LogP contribution in [0.5, 0.6) is 0 Å². The number of anilines is 1. The van der Waals surface area contributed by atoms with Crippen LogP contribution in [-0.4, -0.2) is 50.9 Å². The summed E-state index contributed by atoms with van der Waals surface area (Å²) in [6, 6.07) is 7.76. The van der Waals surface area contributed by atoms with Crippen LogP contribution in [0, 0.1) is 11.3 Å². The molecule has 4 rings (SSSR count). The second-order valence-electron chi connectivity index (χ2n) is 7.49. The minimum absolute atomic E-state index is 0. The van der Waals surface area contributed by atoms with Crippen LogP contribution >= 0.6 is 11.6 Å². The lowest BCUT2D eigenvalue weighted by Gasteiger charge is -2.44. The minimum atomic E-state index is 0. The summed E-state index contributed by atoms with van der Waals surface area (Å²) in [4.78, 5) is 28.3. The number of rotatable bonds is 2. The minimum Gasteiger partial charge on any atom is -0.352 e. The Labute approximate surface area is 175 Å². The third-order valence-electron chi connectivity index (χ3n) is 5.32. The fourth-order valence-corrected chi connectivity index (χ4v) is 4.36. The van der Waals surface area contributed by atoms with Crippen molar-refractivity contribution in [1.82, 2.24) is 19.9 Å². The molecular formula is C21H23ClN6O. The molecule has 0 aromatic carbocycles. The van der Waals surface area contributed by atoms with E-state index in [1.807, 2.05) is 31.0 Å². The number of H-pyrrole nitrogens is 1. The van der Waals surface area contributed by atoms with Crippen molar-refractivity contribution in [2.45, 2.75) is 32.9 Å². The largest absolute Gasteiger partial charge is 0.352 e. The average Bonchev–Trinajstić information content (AvgIpc) is 3.09. The highest BCUT2D eigenvalue weighted by molar-refractivity contribution is 6.31. The Morgan fingerprint density at radius 3 is 2.69 bits per heavy atom. The third-order valence-corrected chi connectivity index (χ3v) is 5.53. The number of nitriles is 1. The fourth-order valence-electron chi connectivity index (χ4n) is 4.20. The smallest absolute Gasteiger partial charge is 0.220 e. The summed E-state index contributed by atoms with van der Waals surface area (Å²) in [5.74, 6) is 0.803. The topological polar surface area (TPSA) is 88.9 Å². The predicted octanol–water partition coefficient (Wildman–Crippen LogP) is 3.84. The Hall–Kier alpha value is -3.11. The summed E-state index contributed by atoms with van der Waals surface area (Å²) in [5, 5.41) is 11.0. The van der Waals surface area contributed by atoms with Crippen molar-refractivity contribution in [1.29, 1.82) is 5.26 Å². The van der Waals surface area contributed by atoms with Crippen LogP contribution in [-0.2, 0) is 4.79 Å². The molecule has 0 radical (unpaired) electrons. The lowest BCUT2D eigenvalue weighted by molar-refractivity contribution is -0.133. The van der Waals surface area contributed by atoms with E-state index in [1.165, 1.54) is 0 Å². The van der Waals surface area contributed by atoms with E-state index in [4.69, 9.17) is 16.6 Å². The van der Waals surface area contributed by atoms with Crippen LogP contribution in [0.1, 0.15) is 27.8 Å². The number of nitrogens with one attached hydrogen (secondary N) is 1. The van der Waals surface area contributed by atoms with Gasteiger partial charge in [0.05, 0.1) is 22.3 Å². The number of halogens is 1. The van der Waals surface area contributed by atoms with Gasteiger partial charge in [0, 0.05) is 56.9 Å². The molecule has 0 bridgehead atoms. The molecule has 7 nitrogen and oxygen atoms in total. The number of carbonyl (C=O) groups excluding carboxylic acids is 1. The maximum absolute atomic E-state index is 12.0. The number of pyridine rings is 2. The molecule has 3 aromatic heterocycles. The van der Waals surface area contributed by atoms with E-state index in [9.17, 15) is 10.1 Å². The number of nitrogens with zero attached hydrogens (tertiary/aromatic N) is 5. The molecule has 0 aliphatic carbocycles. The quantitative estimate of drug-likeness (QED) is 0.693. The maximum Gasteiger partial charge on any atom is 0.220 e. The van der Waals surface area contributed by atoms with E-state index in [0.717, 1.165) is 16.8 Å². The molecule has 0 spiro atoms. The first-order chi connectivity index (χ1) is 13.9. The monoisotopic (exact) mass is 410 g/mol. The first-order valence-electron chi connectivity index (χ1n) is 9.46. The Balaban J connectivity index is 0.00000256. The second-order valence-corrected chi connectivity index (χ2v) is 7.93. The van der Waals surface area contributed by atoms with Crippen molar-refractivity contribution in [3.05, 3.63) is 41.2 Å². The SMILES string of the molecule is CC(=O)N1[C@H](C)CN(c2cc(C#N)cc(-c3c[nH]c4ncc(Cl)cc34)n2)C[C@@H]1C.[HH]. The number of aromatic amines is 1. The van der Waals surface area contributed by atoms with Gasteiger partial charge < -0.3 is 14.8 Å². The molecule has 1 fully saturated rings. The maximum atomic E-state index is 12.0. The summed E-state index contributed by atoms with van der Waals surface area (Å²) < 4.78 is 0. The van der Waals surface area contributed by atoms with Crippen LogP contribution in [0.2, 0.25) is 5.02 Å². The van der Waals surface area contributed by atoms with E-state index in [0.29, 0.717) is 35.0 Å². The lowest BCUT2D eigenvalue weighted by Crippen LogP contribution is -2.58. The third kappa shape index (κ3) is 3.52. The standard InChI is InChI=1S/C21H21ClN6O.H2/c1-12-10-27(11-13(2)28(12)14(3)29)20-5-15(7-23)4-19(26-20)18-9-25-21-17(18)6-16(22)8-24-21;/h4-6,8-9,12-13H,10-11H2,1-3H3,(H,24,25);1H/t12-,13+;. The van der Waals surface area contributed by atoms with Crippen molar-refractivity contribution < 1.29 is 6.22 Å². The van der Waals surface area contributed by atoms with Gasteiger partial charge in [0.15, 0.2) is 0 Å². The molecule has 4 heterocycles. The predicted molar refractivity (Wildman–Crippen MR) is 115 cm³/mol. The van der Waals surface area contributed by atoms with Crippen molar-refractivity contribution in [3.8, 4) is 17.3 Å². The molecular weight excluding hydrogens is 388 g/mol. The molecule has 8 heteroatoms. The normalized spacial score (nSPS) is 19.4. The lowest BCUT2D eigenvalue weighted by atomic mass is 10.1. The van der Waals surface area contributed by atoms with Gasteiger partial charge in [0.2, 0.25) is 5.91 Å². The zero-order chi connectivity index (χ0) is 20.7. The van der Waals surface area contributed by atoms with Crippen molar-refractivity contribution in [3.63, 3.8) is 0 Å². The Kier molecular flexibility index (Phi) is 4.89. The number of piperazine rings is 1. The molecule has 1 N–H and O–H groups in total. The fraction of sp³-hybridized carbons (Fsp3) is 0.333. The Bertz CT molecular complexity index is 1130. The van der Waals surface area contributed by atoms with E-state index >= 15 is 0 Å². The van der Waals surface area contributed by atoms with Gasteiger partial charge in [-0.05, 0) is 32.0 Å². The Morgan fingerprint density at radius 2 is 2.03 bits per heavy atom. The van der Waals surface area contributed by atoms with Crippen LogP contribution < -0.4 is 4.90 Å². The van der Waals surface area contributed by atoms with Gasteiger partial charge in [-0.1, -0.05) is 11.6 Å². The highest BCUT2D eigenvalue weighted by Gasteiger charge is 2.32. The van der Waals surface area contributed by atoms with Gasteiger partial charge in [-0.25, -0.2) is 9.97 Å². The highest BCUT2D eigenvalue weighted by Crippen LogP contribution is 2.31. The number of carbonyl (C=O) groups is 1. The zero-order valence-corrected chi connectivity index (χ0v) is 17.2. The van der Waals surface area contributed by atoms with E-state index in [1.54, 1.807) is 25.3 Å². The van der Waals surface area contributed by atoms with Crippen LogP contribution in [0.25, 0.3) is 22.3 Å². The zero-order valence-electron chi connectivity index (χ0n) is 16.5. The van der Waals surface area contributed by atoms with Crippen molar-refractivity contribution in [2.24, 2.45) is 0 Å². The summed E-state index contributed by atoms with van der Waals surface area (Å²) in [6.07, 6.45) is 3.42. The van der Waals surface area contributed by atoms with E-state index < -0.39 is 0 Å². The molecule has 1 aliphatic heterocycles. The molecule has 150 valence electrons. The number of fused-ring (bicyclic) bond motifs is 1. The second kappa shape index (κ2) is 7.37. The van der Waals surface area contributed by atoms with Gasteiger partial charge in [-0.2, -0.15) is 5.26 Å². The molecule has 2 atom stereocenters. The number of hydrogen-bond acceptors (Lipinski definition) is 5. The number of amides is 1. The molecule has 0 saturated carbocycles. The first kappa shape index (κ1) is 19.2. The Morgan fingerprint density at radius 1 is 1.31 bits per heavy atom. The van der Waals surface area contributed by atoms with Gasteiger partial charge in [0.25, 0.3) is 0 Å². The molecule has 3 aromatic rings. The summed E-state index contributed by atoms with van der Waals surface area (Å²) >= 11 is 6.13. The van der Waals surface area contributed by atoms with Crippen LogP contribution in [0.15, 0.2) is 30.6 Å². The number of aromatic nitrogens is 3. The van der Waals surface area contributed by atoms with E-state index in [-0.39, 0.29) is 19.4 Å². The summed E-state index contributed by atoms with van der Waals surface area (Å²) in [6.45, 7) is 6.99. The van der Waals surface area contributed by atoms with Crippen LogP contribution in [0.4, 0.5) is 5.82 Å². The van der Waals surface area contributed by atoms with E-state index in [2.05, 4.69) is 20.9 Å². The highest BCUT2D eigenvalue weighted by atomic mass is 35.5. The summed E-state index contributed by atoms with van der Waals surface area (Å²) in [7, 11) is 0. The summed E-state index contributed by atoms with van der Waals surface area (Å²) in [5.41, 5.74) is 2.77. The molecule has 1 aliphatic rings. The number of hydrogen-bond donors (Lipinski definition) is 1. The average molecular weight is 411 g/mol. The molecule has 0 unspecified atom stereocenters. The van der Waals surface area contributed by atoms with Gasteiger partial charge in [0.1, 0.15) is 11.5 Å². The van der Waals surface area contributed by atoms with Gasteiger partial charge >= 0.3 is 0 Å². The molecule has 29 heavy (non-hydrogen) atoms. The van der Waals surface area contributed by atoms with Crippen molar-refractivity contribution in [2.75, 3.05) is 18.0 Å². The van der Waals surface area contributed by atoms with Crippen LogP contribution in [0.3, 0.4) is 0 Å².